The van der Waals surface area contributed by atoms with Gasteiger partial charge in [0.1, 0.15) is 5.54 Å². The van der Waals surface area contributed by atoms with Crippen molar-refractivity contribution in [3.05, 3.63) is 57.8 Å². The van der Waals surface area contributed by atoms with Gasteiger partial charge in [-0.05, 0) is 36.1 Å². The Balaban J connectivity index is 2.41. The van der Waals surface area contributed by atoms with E-state index < -0.39 is 29.1 Å². The normalized spacial score (nSPS) is 14.1. The summed E-state index contributed by atoms with van der Waals surface area (Å²) in [6.07, 6.45) is -4.56. The van der Waals surface area contributed by atoms with E-state index in [0.717, 1.165) is 18.2 Å². The van der Waals surface area contributed by atoms with Crippen molar-refractivity contribution in [1.82, 2.24) is 5.32 Å². The third-order valence-corrected chi connectivity index (χ3v) is 4.09. The fraction of sp³-hybridized carbons (Fsp3) is 0.200. The maximum absolute atomic E-state index is 12.8. The second-order valence-electron chi connectivity index (χ2n) is 5.03. The second kappa shape index (κ2) is 6.04. The van der Waals surface area contributed by atoms with Crippen molar-refractivity contribution in [1.29, 1.82) is 0 Å². The molecule has 0 fully saturated rings. The Bertz CT molecular complexity index is 729. The van der Waals surface area contributed by atoms with Crippen molar-refractivity contribution in [3.63, 3.8) is 0 Å². The van der Waals surface area contributed by atoms with Crippen LogP contribution in [0.5, 0.6) is 0 Å². The Morgan fingerprint density at radius 3 is 2.35 bits per heavy atom. The average Bonchev–Trinajstić information content (AvgIpc) is 3.00. The molecule has 2 rings (SSSR count). The van der Waals surface area contributed by atoms with Crippen molar-refractivity contribution in [3.8, 4) is 0 Å². The van der Waals surface area contributed by atoms with Gasteiger partial charge in [0.25, 0.3) is 5.91 Å². The van der Waals surface area contributed by atoms with Crippen molar-refractivity contribution < 1.29 is 22.8 Å². The minimum absolute atomic E-state index is 0.0385. The lowest BCUT2D eigenvalue weighted by atomic mass is 9.89. The number of primary amides is 1. The Morgan fingerprint density at radius 1 is 1.17 bits per heavy atom. The highest BCUT2D eigenvalue weighted by molar-refractivity contribution is 7.08. The molecular formula is C15H13F3N2O2S. The van der Waals surface area contributed by atoms with Crippen LogP contribution < -0.4 is 11.1 Å². The van der Waals surface area contributed by atoms with Gasteiger partial charge < -0.3 is 11.1 Å². The molecule has 1 heterocycles. The van der Waals surface area contributed by atoms with Gasteiger partial charge in [-0.3, -0.25) is 9.59 Å². The molecule has 0 bridgehead atoms. The van der Waals surface area contributed by atoms with E-state index >= 15 is 0 Å². The van der Waals surface area contributed by atoms with Crippen molar-refractivity contribution in [2.24, 2.45) is 5.73 Å². The van der Waals surface area contributed by atoms with Crippen LogP contribution in [0.4, 0.5) is 13.2 Å². The van der Waals surface area contributed by atoms with Crippen LogP contribution in [0.3, 0.4) is 0 Å². The first-order valence-electron chi connectivity index (χ1n) is 6.47. The minimum atomic E-state index is -4.56. The molecule has 0 spiro atoms. The monoisotopic (exact) mass is 342 g/mol. The Hall–Kier alpha value is -2.35. The fourth-order valence-electron chi connectivity index (χ4n) is 1.98. The van der Waals surface area contributed by atoms with E-state index in [-0.39, 0.29) is 5.56 Å². The molecule has 0 aliphatic rings. The van der Waals surface area contributed by atoms with Crippen molar-refractivity contribution >= 4 is 23.2 Å². The third-order valence-electron chi connectivity index (χ3n) is 3.41. The average molecular weight is 342 g/mol. The van der Waals surface area contributed by atoms with Crippen LogP contribution in [-0.4, -0.2) is 11.8 Å². The first kappa shape index (κ1) is 17.0. The zero-order valence-corrected chi connectivity index (χ0v) is 12.8. The van der Waals surface area contributed by atoms with E-state index in [9.17, 15) is 22.8 Å². The van der Waals surface area contributed by atoms with Gasteiger partial charge >= 0.3 is 6.18 Å². The summed E-state index contributed by atoms with van der Waals surface area (Å²) < 4.78 is 38.5. The number of halogens is 3. The third kappa shape index (κ3) is 3.53. The molecule has 0 aliphatic heterocycles. The van der Waals surface area contributed by atoms with Crippen LogP contribution in [0.15, 0.2) is 41.1 Å². The van der Waals surface area contributed by atoms with Crippen molar-refractivity contribution in [2.75, 3.05) is 0 Å². The molecule has 4 nitrogen and oxygen atoms in total. The number of thiophene rings is 1. The van der Waals surface area contributed by atoms with Crippen LogP contribution in [-0.2, 0) is 16.5 Å². The van der Waals surface area contributed by atoms with E-state index in [1.807, 2.05) is 0 Å². The number of hydrogen-bond donors (Lipinski definition) is 2. The molecule has 0 saturated carbocycles. The maximum Gasteiger partial charge on any atom is 0.416 e. The smallest absolute Gasteiger partial charge is 0.367 e. The van der Waals surface area contributed by atoms with Gasteiger partial charge in [-0.25, -0.2) is 0 Å². The van der Waals surface area contributed by atoms with E-state index in [4.69, 9.17) is 5.73 Å². The zero-order valence-electron chi connectivity index (χ0n) is 12.0. The van der Waals surface area contributed by atoms with Gasteiger partial charge in [-0.15, -0.1) is 0 Å². The van der Waals surface area contributed by atoms with E-state index in [2.05, 4.69) is 5.32 Å². The predicted molar refractivity (Wildman–Crippen MR) is 79.8 cm³/mol. The lowest BCUT2D eigenvalue weighted by Gasteiger charge is -2.28. The highest BCUT2D eigenvalue weighted by Gasteiger charge is 2.38. The zero-order chi connectivity index (χ0) is 17.3. The van der Waals surface area contributed by atoms with E-state index in [1.54, 1.807) is 10.8 Å². The molecular weight excluding hydrogens is 329 g/mol. The highest BCUT2D eigenvalue weighted by atomic mass is 32.1. The van der Waals surface area contributed by atoms with E-state index in [1.165, 1.54) is 30.4 Å². The topological polar surface area (TPSA) is 72.2 Å². The molecule has 2 aromatic rings. The molecule has 3 N–H and O–H groups in total. The first-order valence-corrected chi connectivity index (χ1v) is 7.41. The summed E-state index contributed by atoms with van der Waals surface area (Å²) in [5.74, 6) is -1.55. The van der Waals surface area contributed by atoms with Crippen LogP contribution in [0.25, 0.3) is 0 Å². The second-order valence-corrected chi connectivity index (χ2v) is 5.81. The molecule has 1 atom stereocenters. The lowest BCUT2D eigenvalue weighted by Crippen LogP contribution is -2.52. The lowest BCUT2D eigenvalue weighted by molar-refractivity contribution is -0.137. The standard InChI is InChI=1S/C15H13F3N2O2S/c1-14(13(19)22,20-12(21)9-5-6-23-8-9)10-3-2-4-11(7-10)15(16,17)18/h2-8H,1H3,(H2,19,22)(H,20,21)/t14-/m0/s1. The summed E-state index contributed by atoms with van der Waals surface area (Å²) in [5, 5.41) is 5.64. The molecule has 2 amide bonds. The Morgan fingerprint density at radius 2 is 1.83 bits per heavy atom. The summed E-state index contributed by atoms with van der Waals surface area (Å²) in [6, 6.07) is 5.70. The number of nitrogens with two attached hydrogens (primary N) is 1. The molecule has 8 heteroatoms. The predicted octanol–water partition coefficient (Wildman–Crippen LogP) is 2.90. The summed E-state index contributed by atoms with van der Waals surface area (Å²) in [4.78, 5) is 24.0. The first-order chi connectivity index (χ1) is 10.6. The molecule has 0 radical (unpaired) electrons. The number of hydrogen-bond acceptors (Lipinski definition) is 3. The van der Waals surface area contributed by atoms with Gasteiger partial charge in [-0.1, -0.05) is 12.1 Å². The maximum atomic E-state index is 12.8. The van der Waals surface area contributed by atoms with Gasteiger partial charge in [0.15, 0.2) is 0 Å². The van der Waals surface area contributed by atoms with Crippen LogP contribution in [0.2, 0.25) is 0 Å². The number of carbonyl (C=O) groups is 2. The molecule has 23 heavy (non-hydrogen) atoms. The summed E-state index contributed by atoms with van der Waals surface area (Å²) >= 11 is 1.28. The Labute approximate surface area is 134 Å². The number of nitrogens with one attached hydrogen (secondary N) is 1. The summed E-state index contributed by atoms with van der Waals surface area (Å²) in [5.41, 5.74) is 2.91. The molecule has 0 saturated heterocycles. The molecule has 1 aromatic carbocycles. The Kier molecular flexibility index (Phi) is 4.46. The van der Waals surface area contributed by atoms with Crippen LogP contribution >= 0.6 is 11.3 Å². The van der Waals surface area contributed by atoms with Crippen LogP contribution in [0.1, 0.15) is 28.4 Å². The summed E-state index contributed by atoms with van der Waals surface area (Å²) in [7, 11) is 0. The minimum Gasteiger partial charge on any atom is -0.367 e. The van der Waals surface area contributed by atoms with Crippen LogP contribution in [0, 0.1) is 0 Å². The van der Waals surface area contributed by atoms with Gasteiger partial charge in [0.05, 0.1) is 11.1 Å². The number of rotatable bonds is 4. The molecule has 122 valence electrons. The number of carbonyl (C=O) groups excluding carboxylic acids is 2. The molecule has 0 unspecified atom stereocenters. The largest absolute Gasteiger partial charge is 0.416 e. The molecule has 1 aromatic heterocycles. The molecule has 0 aliphatic carbocycles. The summed E-state index contributed by atoms with van der Waals surface area (Å²) in [6.45, 7) is 1.27. The highest BCUT2D eigenvalue weighted by Crippen LogP contribution is 2.32. The van der Waals surface area contributed by atoms with Gasteiger partial charge in [0.2, 0.25) is 5.91 Å². The fourth-order valence-corrected chi connectivity index (χ4v) is 2.61. The number of alkyl halides is 3. The number of amides is 2. The van der Waals surface area contributed by atoms with E-state index in [0.29, 0.717) is 5.56 Å². The van der Waals surface area contributed by atoms with Crippen molar-refractivity contribution in [2.45, 2.75) is 18.6 Å². The SMILES string of the molecule is C[C@@](NC(=O)c1ccsc1)(C(N)=O)c1cccc(C(F)(F)F)c1. The van der Waals surface area contributed by atoms with Gasteiger partial charge in [0, 0.05) is 5.38 Å². The quantitative estimate of drug-likeness (QED) is 0.897. The number of benzene rings is 1. The van der Waals surface area contributed by atoms with Gasteiger partial charge in [-0.2, -0.15) is 24.5 Å².